The van der Waals surface area contributed by atoms with Gasteiger partial charge in [0.05, 0.1) is 34.3 Å². The fraction of sp³-hybridized carbons (Fsp3) is 0.350. The van der Waals surface area contributed by atoms with Crippen LogP contribution in [0.5, 0.6) is 5.75 Å². The van der Waals surface area contributed by atoms with Gasteiger partial charge in [-0.3, -0.25) is 0 Å². The Morgan fingerprint density at radius 2 is 1.78 bits per heavy atom. The van der Waals surface area contributed by atoms with Crippen LogP contribution in [0.2, 0.25) is 0 Å². The zero-order valence-electron chi connectivity index (χ0n) is 15.3. The van der Waals surface area contributed by atoms with Gasteiger partial charge < -0.3 is 15.2 Å². The maximum absolute atomic E-state index is 13.4. The van der Waals surface area contributed by atoms with Gasteiger partial charge in [-0.25, -0.2) is 8.42 Å². The van der Waals surface area contributed by atoms with E-state index in [1.54, 1.807) is 37.4 Å². The third-order valence-corrected chi connectivity index (χ3v) is 7.81. The first-order chi connectivity index (χ1) is 12.9. The van der Waals surface area contributed by atoms with Crippen molar-refractivity contribution >= 4 is 27.0 Å². The Morgan fingerprint density at radius 1 is 1.15 bits per heavy atom. The zero-order valence-corrected chi connectivity index (χ0v) is 16.9. The molecule has 0 spiro atoms. The molecule has 1 saturated carbocycles. The van der Waals surface area contributed by atoms with E-state index in [9.17, 15) is 8.42 Å². The fourth-order valence-electron chi connectivity index (χ4n) is 3.71. The lowest BCUT2D eigenvalue weighted by Gasteiger charge is -2.17. The molecule has 5 nitrogen and oxygen atoms in total. The highest BCUT2D eigenvalue weighted by Gasteiger charge is 2.73. The average Bonchev–Trinajstić information content (AvgIpc) is 3.38. The topological polar surface area (TPSA) is 78.6 Å². The van der Waals surface area contributed by atoms with Crippen molar-refractivity contribution in [1.82, 2.24) is 0 Å². The second-order valence-electron chi connectivity index (χ2n) is 6.57. The Hall–Kier alpha value is -1.96. The summed E-state index contributed by atoms with van der Waals surface area (Å²) in [5, 5.41) is -0.759. The molecule has 2 aromatic carbocycles. The van der Waals surface area contributed by atoms with Crippen LogP contribution in [-0.4, -0.2) is 39.0 Å². The zero-order chi connectivity index (χ0) is 19.7. The monoisotopic (exact) mass is 405 g/mol. The third kappa shape index (κ3) is 3.35. The number of sulfone groups is 1. The molecule has 0 bridgehead atoms. The van der Waals surface area contributed by atoms with E-state index in [1.807, 2.05) is 31.2 Å². The van der Waals surface area contributed by atoms with Gasteiger partial charge in [-0.15, -0.1) is 0 Å². The smallest absolute Gasteiger partial charge is 0.182 e. The van der Waals surface area contributed by atoms with Crippen molar-refractivity contribution in [2.24, 2.45) is 11.1 Å². The number of hydrogen-bond acceptors (Lipinski definition) is 5. The molecule has 1 fully saturated rings. The van der Waals surface area contributed by atoms with Crippen LogP contribution in [-0.2, 0) is 14.6 Å². The summed E-state index contributed by atoms with van der Waals surface area (Å²) < 4.78 is 37.6. The van der Waals surface area contributed by atoms with E-state index < -0.39 is 20.5 Å². The van der Waals surface area contributed by atoms with E-state index in [1.165, 1.54) is 0 Å². The summed E-state index contributed by atoms with van der Waals surface area (Å²) in [5.41, 5.74) is 6.02. The van der Waals surface area contributed by atoms with E-state index in [0.29, 0.717) is 12.4 Å². The number of benzene rings is 2. The summed E-state index contributed by atoms with van der Waals surface area (Å²) >= 11 is 5.34. The van der Waals surface area contributed by atoms with Crippen molar-refractivity contribution in [2.45, 2.75) is 23.0 Å². The number of rotatable bonds is 8. The van der Waals surface area contributed by atoms with Crippen LogP contribution in [0.3, 0.4) is 0 Å². The summed E-state index contributed by atoms with van der Waals surface area (Å²) in [5.74, 6) is 0.338. The second kappa shape index (κ2) is 7.58. The molecule has 0 amide bonds. The highest BCUT2D eigenvalue weighted by molar-refractivity contribution is 7.92. The standard InChI is InChI=1S/C20H23NO4S2/c1-3-25-13-20(19(21)26)17(14-9-11-15(24-2)12-10-14)18(20)27(22,23)16-7-5-4-6-8-16/h4-12,17-18H,3,13H2,1-2H3,(H2,21,26)/t17-,18-,20+/m0/s1. The summed E-state index contributed by atoms with van der Waals surface area (Å²) in [6.07, 6.45) is 0. The Bertz CT molecular complexity index is 913. The largest absolute Gasteiger partial charge is 0.497 e. The molecule has 0 aliphatic heterocycles. The van der Waals surface area contributed by atoms with Gasteiger partial charge in [0.2, 0.25) is 0 Å². The molecule has 0 radical (unpaired) electrons. The van der Waals surface area contributed by atoms with Gasteiger partial charge in [-0.05, 0) is 36.8 Å². The van der Waals surface area contributed by atoms with Crippen LogP contribution in [0.1, 0.15) is 18.4 Å². The van der Waals surface area contributed by atoms with Crippen LogP contribution < -0.4 is 10.5 Å². The Morgan fingerprint density at radius 3 is 2.30 bits per heavy atom. The number of thiocarbonyl (C=S) groups is 1. The molecular formula is C20H23NO4S2. The highest BCUT2D eigenvalue weighted by Crippen LogP contribution is 2.64. The third-order valence-electron chi connectivity index (χ3n) is 5.14. The van der Waals surface area contributed by atoms with Gasteiger partial charge in [0, 0.05) is 12.5 Å². The predicted octanol–water partition coefficient (Wildman–Crippen LogP) is 2.94. The number of methoxy groups -OCH3 is 1. The van der Waals surface area contributed by atoms with E-state index in [-0.39, 0.29) is 22.4 Å². The van der Waals surface area contributed by atoms with Crippen molar-refractivity contribution in [2.75, 3.05) is 20.3 Å². The fourth-order valence-corrected chi connectivity index (χ4v) is 6.50. The molecular weight excluding hydrogens is 382 g/mol. The van der Waals surface area contributed by atoms with E-state index in [4.69, 9.17) is 27.4 Å². The maximum Gasteiger partial charge on any atom is 0.182 e. The molecule has 1 aliphatic rings. The van der Waals surface area contributed by atoms with Crippen molar-refractivity contribution in [3.8, 4) is 5.75 Å². The number of hydrogen-bond donors (Lipinski definition) is 1. The van der Waals surface area contributed by atoms with Gasteiger partial charge in [0.15, 0.2) is 9.84 Å². The minimum Gasteiger partial charge on any atom is -0.497 e. The Labute approximate surface area is 165 Å². The Balaban J connectivity index is 2.08. The van der Waals surface area contributed by atoms with E-state index in [2.05, 4.69) is 0 Å². The highest BCUT2D eigenvalue weighted by atomic mass is 32.2. The quantitative estimate of drug-likeness (QED) is 0.681. The van der Waals surface area contributed by atoms with Crippen molar-refractivity contribution in [3.05, 3.63) is 60.2 Å². The first kappa shape index (κ1) is 19.8. The van der Waals surface area contributed by atoms with Gasteiger partial charge >= 0.3 is 0 Å². The summed E-state index contributed by atoms with van der Waals surface area (Å²) in [7, 11) is -2.05. The van der Waals surface area contributed by atoms with Gasteiger partial charge in [-0.1, -0.05) is 42.5 Å². The van der Waals surface area contributed by atoms with Crippen molar-refractivity contribution < 1.29 is 17.9 Å². The lowest BCUT2D eigenvalue weighted by atomic mass is 10.00. The van der Waals surface area contributed by atoms with Crippen molar-refractivity contribution in [3.63, 3.8) is 0 Å². The van der Waals surface area contributed by atoms with Crippen LogP contribution in [0.15, 0.2) is 59.5 Å². The van der Waals surface area contributed by atoms with Gasteiger partial charge in [-0.2, -0.15) is 0 Å². The molecule has 2 aromatic rings. The first-order valence-electron chi connectivity index (χ1n) is 8.70. The number of ether oxygens (including phenoxy) is 2. The molecule has 3 rings (SSSR count). The second-order valence-corrected chi connectivity index (χ2v) is 9.08. The van der Waals surface area contributed by atoms with Gasteiger partial charge in [0.1, 0.15) is 5.75 Å². The molecule has 2 N–H and O–H groups in total. The van der Waals surface area contributed by atoms with Gasteiger partial charge in [0.25, 0.3) is 0 Å². The van der Waals surface area contributed by atoms with Crippen molar-refractivity contribution in [1.29, 1.82) is 0 Å². The van der Waals surface area contributed by atoms with Crippen LogP contribution in [0.4, 0.5) is 0 Å². The minimum absolute atomic E-state index is 0.168. The van der Waals surface area contributed by atoms with Crippen LogP contribution in [0, 0.1) is 5.41 Å². The van der Waals surface area contributed by atoms with Crippen LogP contribution in [0.25, 0.3) is 0 Å². The normalized spacial score (nSPS) is 24.4. The lowest BCUT2D eigenvalue weighted by Crippen LogP contribution is -2.33. The molecule has 0 saturated heterocycles. The summed E-state index contributed by atoms with van der Waals surface area (Å²) in [6, 6.07) is 15.8. The summed E-state index contributed by atoms with van der Waals surface area (Å²) in [4.78, 5) is 0.435. The molecule has 27 heavy (non-hydrogen) atoms. The van der Waals surface area contributed by atoms with E-state index >= 15 is 0 Å². The molecule has 0 unspecified atom stereocenters. The summed E-state index contributed by atoms with van der Waals surface area (Å²) in [6.45, 7) is 2.49. The number of nitrogens with two attached hydrogens (primary N) is 1. The average molecular weight is 406 g/mol. The molecule has 0 aromatic heterocycles. The molecule has 144 valence electrons. The lowest BCUT2D eigenvalue weighted by molar-refractivity contribution is 0.121. The molecule has 0 heterocycles. The predicted molar refractivity (Wildman–Crippen MR) is 109 cm³/mol. The van der Waals surface area contributed by atoms with E-state index in [0.717, 1.165) is 5.56 Å². The molecule has 7 heteroatoms. The minimum atomic E-state index is -3.64. The molecule has 1 aliphatic carbocycles. The maximum atomic E-state index is 13.4. The van der Waals surface area contributed by atoms with Crippen LogP contribution >= 0.6 is 12.2 Å². The molecule has 3 atom stereocenters. The Kier molecular flexibility index (Phi) is 5.55. The first-order valence-corrected chi connectivity index (χ1v) is 10.7. The SMILES string of the molecule is CCOC[C@@]1(C(N)=S)[C@@H](c2ccc(OC)cc2)[C@@H]1S(=O)(=O)c1ccccc1.